The SMILES string of the molecule is COCC(O)(c1ccnn1-c1ccccc1)C1CC1. The van der Waals surface area contributed by atoms with Gasteiger partial charge in [-0.3, -0.25) is 0 Å². The second kappa shape index (κ2) is 4.79. The van der Waals surface area contributed by atoms with Crippen LogP contribution in [-0.2, 0) is 10.3 Å². The van der Waals surface area contributed by atoms with Gasteiger partial charge in [-0.25, -0.2) is 4.68 Å². The Morgan fingerprint density at radius 3 is 2.68 bits per heavy atom. The number of methoxy groups -OCH3 is 1. The van der Waals surface area contributed by atoms with Crippen LogP contribution in [0.2, 0.25) is 0 Å². The number of ether oxygens (including phenoxy) is 1. The highest BCUT2D eigenvalue weighted by Gasteiger charge is 2.47. The monoisotopic (exact) mass is 258 g/mol. The van der Waals surface area contributed by atoms with Gasteiger partial charge in [-0.15, -0.1) is 0 Å². The van der Waals surface area contributed by atoms with E-state index in [0.29, 0.717) is 6.61 Å². The second-order valence-corrected chi connectivity index (χ2v) is 5.10. The summed E-state index contributed by atoms with van der Waals surface area (Å²) < 4.78 is 7.03. The minimum atomic E-state index is -0.943. The Morgan fingerprint density at radius 1 is 1.32 bits per heavy atom. The van der Waals surface area contributed by atoms with Crippen molar-refractivity contribution in [3.05, 3.63) is 48.3 Å². The zero-order valence-corrected chi connectivity index (χ0v) is 11.0. The van der Waals surface area contributed by atoms with E-state index < -0.39 is 5.60 Å². The van der Waals surface area contributed by atoms with E-state index in [1.165, 1.54) is 0 Å². The zero-order valence-electron chi connectivity index (χ0n) is 11.0. The standard InChI is InChI=1S/C15H18N2O2/c1-19-11-15(18,12-7-8-12)14-9-10-16-17(14)13-5-3-2-4-6-13/h2-6,9-10,12,18H,7-8,11H2,1H3. The summed E-state index contributed by atoms with van der Waals surface area (Å²) >= 11 is 0. The number of hydrogen-bond acceptors (Lipinski definition) is 3. The lowest BCUT2D eigenvalue weighted by Crippen LogP contribution is -2.36. The number of aliphatic hydroxyl groups is 1. The molecule has 1 heterocycles. The number of benzene rings is 1. The van der Waals surface area contributed by atoms with Crippen LogP contribution in [0.5, 0.6) is 0 Å². The summed E-state index contributed by atoms with van der Waals surface area (Å²) in [4.78, 5) is 0. The van der Waals surface area contributed by atoms with Crippen LogP contribution in [0.25, 0.3) is 5.69 Å². The molecule has 3 rings (SSSR count). The van der Waals surface area contributed by atoms with Gasteiger partial charge in [0.2, 0.25) is 0 Å². The largest absolute Gasteiger partial charge is 0.381 e. The van der Waals surface area contributed by atoms with Crippen LogP contribution in [0.4, 0.5) is 0 Å². The molecule has 1 aliphatic carbocycles. The Bertz CT molecular complexity index is 548. The van der Waals surface area contributed by atoms with Gasteiger partial charge in [-0.05, 0) is 37.0 Å². The highest BCUT2D eigenvalue weighted by Crippen LogP contribution is 2.46. The molecule has 0 amide bonds. The van der Waals surface area contributed by atoms with Crippen molar-refractivity contribution in [2.45, 2.75) is 18.4 Å². The fourth-order valence-corrected chi connectivity index (χ4v) is 2.59. The lowest BCUT2D eigenvalue weighted by molar-refractivity contribution is -0.0580. The second-order valence-electron chi connectivity index (χ2n) is 5.10. The molecular weight excluding hydrogens is 240 g/mol. The van der Waals surface area contributed by atoms with Crippen molar-refractivity contribution in [2.75, 3.05) is 13.7 Å². The number of hydrogen-bond donors (Lipinski definition) is 1. The maximum Gasteiger partial charge on any atom is 0.132 e. The van der Waals surface area contributed by atoms with Crippen LogP contribution in [0.15, 0.2) is 42.6 Å². The quantitative estimate of drug-likeness (QED) is 0.893. The predicted molar refractivity (Wildman–Crippen MR) is 72.1 cm³/mol. The fraction of sp³-hybridized carbons (Fsp3) is 0.400. The van der Waals surface area contributed by atoms with Gasteiger partial charge in [0.05, 0.1) is 18.0 Å². The van der Waals surface area contributed by atoms with Gasteiger partial charge in [0.25, 0.3) is 0 Å². The molecule has 0 spiro atoms. The highest BCUT2D eigenvalue weighted by molar-refractivity contribution is 5.34. The first-order valence-electron chi connectivity index (χ1n) is 6.57. The molecular formula is C15H18N2O2. The van der Waals surface area contributed by atoms with Crippen LogP contribution in [0, 0.1) is 5.92 Å². The molecule has 0 aliphatic heterocycles. The molecule has 4 nitrogen and oxygen atoms in total. The van der Waals surface area contributed by atoms with E-state index in [1.54, 1.807) is 18.0 Å². The molecule has 1 aromatic carbocycles. The third kappa shape index (κ3) is 2.17. The Hall–Kier alpha value is -1.65. The van der Waals surface area contributed by atoms with Gasteiger partial charge in [0.15, 0.2) is 0 Å². The van der Waals surface area contributed by atoms with Gasteiger partial charge in [0, 0.05) is 13.3 Å². The van der Waals surface area contributed by atoms with Crippen LogP contribution in [0.3, 0.4) is 0 Å². The smallest absolute Gasteiger partial charge is 0.132 e. The predicted octanol–water partition coefficient (Wildman–Crippen LogP) is 2.12. The summed E-state index contributed by atoms with van der Waals surface area (Å²) in [5.74, 6) is 0.270. The van der Waals surface area contributed by atoms with E-state index in [1.807, 2.05) is 36.4 Å². The summed E-state index contributed by atoms with van der Waals surface area (Å²) in [5, 5.41) is 15.3. The maximum atomic E-state index is 11.0. The molecule has 1 aromatic heterocycles. The molecule has 0 saturated heterocycles. The van der Waals surface area contributed by atoms with Gasteiger partial charge in [0.1, 0.15) is 5.60 Å². The van der Waals surface area contributed by atoms with E-state index in [0.717, 1.165) is 24.2 Å². The molecule has 0 radical (unpaired) electrons. The van der Waals surface area contributed by atoms with E-state index in [2.05, 4.69) is 5.10 Å². The van der Waals surface area contributed by atoms with Crippen LogP contribution in [0.1, 0.15) is 18.5 Å². The Kier molecular flexibility index (Phi) is 3.12. The minimum Gasteiger partial charge on any atom is -0.381 e. The first-order valence-corrected chi connectivity index (χ1v) is 6.57. The first kappa shape index (κ1) is 12.4. The molecule has 1 fully saturated rings. The number of para-hydroxylation sites is 1. The molecule has 1 N–H and O–H groups in total. The van der Waals surface area contributed by atoms with Gasteiger partial charge < -0.3 is 9.84 Å². The Balaban J connectivity index is 2.03. The normalized spacial score (nSPS) is 18.2. The molecule has 100 valence electrons. The summed E-state index contributed by atoms with van der Waals surface area (Å²) in [6.07, 6.45) is 3.81. The molecule has 1 aliphatic rings. The molecule has 1 atom stereocenters. The number of nitrogens with zero attached hydrogens (tertiary/aromatic N) is 2. The molecule has 2 aromatic rings. The van der Waals surface area contributed by atoms with Gasteiger partial charge in [-0.1, -0.05) is 18.2 Å². The molecule has 1 saturated carbocycles. The van der Waals surface area contributed by atoms with Crippen LogP contribution in [-0.4, -0.2) is 28.6 Å². The highest BCUT2D eigenvalue weighted by atomic mass is 16.5. The van der Waals surface area contributed by atoms with Crippen molar-refractivity contribution in [2.24, 2.45) is 5.92 Å². The summed E-state index contributed by atoms with van der Waals surface area (Å²) in [7, 11) is 1.62. The maximum absolute atomic E-state index is 11.0. The minimum absolute atomic E-state index is 0.270. The molecule has 19 heavy (non-hydrogen) atoms. The van der Waals surface area contributed by atoms with Gasteiger partial charge in [-0.2, -0.15) is 5.10 Å². The average molecular weight is 258 g/mol. The zero-order chi connectivity index (χ0) is 13.3. The first-order chi connectivity index (χ1) is 9.25. The van der Waals surface area contributed by atoms with Crippen LogP contribution >= 0.6 is 0 Å². The van der Waals surface area contributed by atoms with E-state index >= 15 is 0 Å². The molecule has 4 heteroatoms. The van der Waals surface area contributed by atoms with Crippen molar-refractivity contribution in [3.63, 3.8) is 0 Å². The summed E-state index contributed by atoms with van der Waals surface area (Å²) in [6, 6.07) is 11.7. The van der Waals surface area contributed by atoms with E-state index in [4.69, 9.17) is 4.74 Å². The topological polar surface area (TPSA) is 47.3 Å². The number of rotatable bonds is 5. The number of aromatic nitrogens is 2. The average Bonchev–Trinajstić information content (AvgIpc) is 3.17. The fourth-order valence-electron chi connectivity index (χ4n) is 2.59. The third-order valence-electron chi connectivity index (χ3n) is 3.70. The lowest BCUT2D eigenvalue weighted by Gasteiger charge is -2.28. The van der Waals surface area contributed by atoms with E-state index in [-0.39, 0.29) is 5.92 Å². The van der Waals surface area contributed by atoms with Gasteiger partial charge >= 0.3 is 0 Å². The van der Waals surface area contributed by atoms with E-state index in [9.17, 15) is 5.11 Å². The third-order valence-corrected chi connectivity index (χ3v) is 3.70. The van der Waals surface area contributed by atoms with Crippen molar-refractivity contribution in [1.82, 2.24) is 9.78 Å². The Morgan fingerprint density at radius 2 is 2.05 bits per heavy atom. The van der Waals surface area contributed by atoms with Crippen molar-refractivity contribution < 1.29 is 9.84 Å². The Labute approximate surface area is 112 Å². The molecule has 0 bridgehead atoms. The van der Waals surface area contributed by atoms with Crippen LogP contribution < -0.4 is 0 Å². The lowest BCUT2D eigenvalue weighted by atomic mass is 9.94. The summed E-state index contributed by atoms with van der Waals surface area (Å²) in [5.41, 5.74) is 0.821. The van der Waals surface area contributed by atoms with Crippen molar-refractivity contribution in [1.29, 1.82) is 0 Å². The summed E-state index contributed by atoms with van der Waals surface area (Å²) in [6.45, 7) is 0.302. The van der Waals surface area contributed by atoms with Crippen molar-refractivity contribution in [3.8, 4) is 5.69 Å². The molecule has 1 unspecified atom stereocenters. The van der Waals surface area contributed by atoms with Crippen molar-refractivity contribution >= 4 is 0 Å².